The fraction of sp³-hybridized carbons (Fsp3) is 0.333. The molecule has 31 valence electrons. The molecular formula is C3H4BO2. The Hall–Kier alpha value is -0.435. The SMILES string of the molecule is [B]1CC=COO1. The summed E-state index contributed by atoms with van der Waals surface area (Å²) >= 11 is 0. The first kappa shape index (κ1) is 3.74. The fourth-order valence-corrected chi connectivity index (χ4v) is 0.261. The van der Waals surface area contributed by atoms with E-state index in [9.17, 15) is 0 Å². The fourth-order valence-electron chi connectivity index (χ4n) is 0.261. The summed E-state index contributed by atoms with van der Waals surface area (Å²) in [4.78, 5) is 8.69. The second-order valence-electron chi connectivity index (χ2n) is 0.967. The molecular weight excluding hydrogens is 78.8 g/mol. The molecule has 6 heavy (non-hydrogen) atoms. The summed E-state index contributed by atoms with van der Waals surface area (Å²) in [7, 11) is 1.58. The summed E-state index contributed by atoms with van der Waals surface area (Å²) in [5.41, 5.74) is 0. The molecule has 3 heteroatoms. The summed E-state index contributed by atoms with van der Waals surface area (Å²) in [5, 5.41) is 0. The highest BCUT2D eigenvalue weighted by atomic mass is 17.2. The third-order valence-electron chi connectivity index (χ3n) is 0.508. The van der Waals surface area contributed by atoms with E-state index in [0.29, 0.717) is 0 Å². The van der Waals surface area contributed by atoms with Crippen LogP contribution in [-0.2, 0) is 9.69 Å². The van der Waals surface area contributed by atoms with Crippen LogP contribution in [0.2, 0.25) is 6.32 Å². The van der Waals surface area contributed by atoms with Gasteiger partial charge in [-0.1, -0.05) is 6.08 Å². The lowest BCUT2D eigenvalue weighted by molar-refractivity contribution is -0.153. The Bertz CT molecular complexity index is 53.8. The molecule has 0 aromatic carbocycles. The van der Waals surface area contributed by atoms with Crippen LogP contribution in [0, 0.1) is 0 Å². The van der Waals surface area contributed by atoms with E-state index in [1.807, 2.05) is 6.08 Å². The van der Waals surface area contributed by atoms with Crippen molar-refractivity contribution in [2.45, 2.75) is 6.32 Å². The van der Waals surface area contributed by atoms with Crippen LogP contribution in [0.4, 0.5) is 0 Å². The molecule has 1 aliphatic rings. The van der Waals surface area contributed by atoms with Crippen LogP contribution in [0.5, 0.6) is 0 Å². The molecule has 0 fully saturated rings. The summed E-state index contributed by atoms with van der Waals surface area (Å²) < 4.78 is 0. The predicted molar refractivity (Wildman–Crippen MR) is 21.9 cm³/mol. The molecule has 0 saturated carbocycles. The van der Waals surface area contributed by atoms with Crippen molar-refractivity contribution in [3.63, 3.8) is 0 Å². The third kappa shape index (κ3) is 0.757. The Labute approximate surface area is 37.0 Å². The zero-order chi connectivity index (χ0) is 4.24. The van der Waals surface area contributed by atoms with Crippen molar-refractivity contribution in [3.05, 3.63) is 12.3 Å². The van der Waals surface area contributed by atoms with Gasteiger partial charge in [-0.2, -0.15) is 0 Å². The second kappa shape index (κ2) is 1.87. The molecule has 0 saturated heterocycles. The van der Waals surface area contributed by atoms with Gasteiger partial charge in [0.25, 0.3) is 0 Å². The van der Waals surface area contributed by atoms with Crippen LogP contribution in [-0.4, -0.2) is 7.48 Å². The largest absolute Gasteiger partial charge is 0.365 e. The summed E-state index contributed by atoms with van der Waals surface area (Å²) in [5.74, 6) is 0. The van der Waals surface area contributed by atoms with E-state index in [4.69, 9.17) is 0 Å². The van der Waals surface area contributed by atoms with Crippen molar-refractivity contribution in [1.82, 2.24) is 0 Å². The standard InChI is InChI=1S/C3H4BO2/c1-2-4-6-5-3-1/h1,3H,2H2. The smallest absolute Gasteiger partial charge is 0.363 e. The van der Waals surface area contributed by atoms with E-state index in [-0.39, 0.29) is 0 Å². The quantitative estimate of drug-likeness (QED) is 0.313. The van der Waals surface area contributed by atoms with E-state index in [2.05, 4.69) is 9.69 Å². The average Bonchev–Trinajstić information content (AvgIpc) is 1.72. The van der Waals surface area contributed by atoms with Crippen molar-refractivity contribution < 1.29 is 9.69 Å². The van der Waals surface area contributed by atoms with Crippen LogP contribution in [0.1, 0.15) is 0 Å². The normalized spacial score (nSPS) is 18.7. The Morgan fingerprint density at radius 3 is 2.83 bits per heavy atom. The maximum absolute atomic E-state index is 4.36. The first-order chi connectivity index (χ1) is 3.00. The Morgan fingerprint density at radius 2 is 2.67 bits per heavy atom. The molecule has 1 radical (unpaired) electrons. The molecule has 0 aliphatic carbocycles. The molecule has 0 aromatic rings. The van der Waals surface area contributed by atoms with Crippen LogP contribution in [0.25, 0.3) is 0 Å². The van der Waals surface area contributed by atoms with E-state index >= 15 is 0 Å². The van der Waals surface area contributed by atoms with Gasteiger partial charge in [-0.3, -0.25) is 4.81 Å². The maximum Gasteiger partial charge on any atom is 0.365 e. The number of allylic oxidation sites excluding steroid dienone is 1. The molecule has 1 rings (SSSR count). The minimum atomic E-state index is 0.847. The highest BCUT2D eigenvalue weighted by molar-refractivity contribution is 6.27. The monoisotopic (exact) mass is 83.0 g/mol. The predicted octanol–water partition coefficient (Wildman–Crippen LogP) is 0.499. The van der Waals surface area contributed by atoms with E-state index in [1.54, 1.807) is 7.48 Å². The molecule has 0 unspecified atom stereocenters. The zero-order valence-electron chi connectivity index (χ0n) is 3.26. The van der Waals surface area contributed by atoms with Crippen LogP contribution >= 0.6 is 0 Å². The lowest BCUT2D eigenvalue weighted by atomic mass is 9.96. The molecule has 2 nitrogen and oxygen atoms in total. The molecule has 0 atom stereocenters. The molecule has 0 aromatic heterocycles. The van der Waals surface area contributed by atoms with E-state index < -0.39 is 0 Å². The van der Waals surface area contributed by atoms with E-state index in [1.165, 1.54) is 6.26 Å². The first-order valence-electron chi connectivity index (χ1n) is 1.79. The van der Waals surface area contributed by atoms with Crippen LogP contribution in [0.3, 0.4) is 0 Å². The number of rotatable bonds is 0. The Kier molecular flexibility index (Phi) is 1.17. The molecule has 0 spiro atoms. The van der Waals surface area contributed by atoms with Gasteiger partial charge in [0.2, 0.25) is 0 Å². The Balaban J connectivity index is 2.26. The van der Waals surface area contributed by atoms with Gasteiger partial charge >= 0.3 is 7.48 Å². The maximum atomic E-state index is 4.36. The topological polar surface area (TPSA) is 18.5 Å². The van der Waals surface area contributed by atoms with Crippen molar-refractivity contribution in [3.8, 4) is 0 Å². The van der Waals surface area contributed by atoms with Gasteiger partial charge in [0.15, 0.2) is 0 Å². The summed E-state index contributed by atoms with van der Waals surface area (Å²) in [6.45, 7) is 0. The van der Waals surface area contributed by atoms with Crippen molar-refractivity contribution in [1.29, 1.82) is 0 Å². The minimum Gasteiger partial charge on any atom is -0.363 e. The van der Waals surface area contributed by atoms with Crippen molar-refractivity contribution in [2.24, 2.45) is 0 Å². The van der Waals surface area contributed by atoms with Gasteiger partial charge in [0, 0.05) is 0 Å². The summed E-state index contributed by atoms with van der Waals surface area (Å²) in [6.07, 6.45) is 4.23. The third-order valence-corrected chi connectivity index (χ3v) is 0.508. The van der Waals surface area contributed by atoms with Crippen LogP contribution in [0.15, 0.2) is 12.3 Å². The number of hydrogen-bond donors (Lipinski definition) is 0. The first-order valence-corrected chi connectivity index (χ1v) is 1.79. The lowest BCUT2D eigenvalue weighted by Crippen LogP contribution is -1.98. The molecule has 0 amide bonds. The molecule has 0 N–H and O–H groups in total. The van der Waals surface area contributed by atoms with E-state index in [0.717, 1.165) is 6.32 Å². The van der Waals surface area contributed by atoms with Gasteiger partial charge < -0.3 is 4.89 Å². The van der Waals surface area contributed by atoms with Gasteiger partial charge in [-0.05, 0) is 6.32 Å². The minimum absolute atomic E-state index is 0.847. The zero-order valence-corrected chi connectivity index (χ0v) is 3.26. The van der Waals surface area contributed by atoms with Gasteiger partial charge in [-0.15, -0.1) is 0 Å². The molecule has 1 heterocycles. The van der Waals surface area contributed by atoms with Gasteiger partial charge in [-0.25, -0.2) is 0 Å². The number of hydrogen-bond acceptors (Lipinski definition) is 2. The summed E-state index contributed by atoms with van der Waals surface area (Å²) in [6, 6.07) is 0. The average molecular weight is 82.9 g/mol. The highest BCUT2D eigenvalue weighted by Crippen LogP contribution is 1.92. The van der Waals surface area contributed by atoms with Crippen molar-refractivity contribution in [2.75, 3.05) is 0 Å². The molecule has 1 aliphatic heterocycles. The van der Waals surface area contributed by atoms with Gasteiger partial charge in [0.1, 0.15) is 6.26 Å². The van der Waals surface area contributed by atoms with Gasteiger partial charge in [0.05, 0.1) is 0 Å². The highest BCUT2D eigenvalue weighted by Gasteiger charge is 1.92. The van der Waals surface area contributed by atoms with Crippen molar-refractivity contribution >= 4 is 7.48 Å². The molecule has 0 bridgehead atoms. The Morgan fingerprint density at radius 1 is 1.67 bits per heavy atom. The lowest BCUT2D eigenvalue weighted by Gasteiger charge is -1.99. The van der Waals surface area contributed by atoms with Crippen LogP contribution < -0.4 is 0 Å². The second-order valence-corrected chi connectivity index (χ2v) is 0.967.